The van der Waals surface area contributed by atoms with Gasteiger partial charge in [0.15, 0.2) is 0 Å². The largest absolute Gasteiger partial charge is 0.263 e. The molecule has 15 heavy (non-hydrogen) atoms. The highest BCUT2D eigenvalue weighted by atomic mass is 16.7. The maximum atomic E-state index is 5.68. The first-order chi connectivity index (χ1) is 7.22. The second kappa shape index (κ2) is 3.03. The molecule has 1 saturated heterocycles. The highest BCUT2D eigenvalue weighted by molar-refractivity contribution is 5.36. The van der Waals surface area contributed by atoms with E-state index in [0.29, 0.717) is 12.0 Å². The summed E-state index contributed by atoms with van der Waals surface area (Å²) in [5, 5.41) is 1.82. The van der Waals surface area contributed by atoms with Gasteiger partial charge in [0.25, 0.3) is 5.95 Å². The third-order valence-corrected chi connectivity index (χ3v) is 2.74. The van der Waals surface area contributed by atoms with Crippen molar-refractivity contribution < 1.29 is 4.84 Å². The van der Waals surface area contributed by atoms with Crippen molar-refractivity contribution in [2.45, 2.75) is 32.4 Å². The van der Waals surface area contributed by atoms with Crippen molar-refractivity contribution in [2.24, 2.45) is 0 Å². The third-order valence-electron chi connectivity index (χ3n) is 2.74. The van der Waals surface area contributed by atoms with Crippen molar-refractivity contribution in [1.82, 2.24) is 9.97 Å². The Bertz CT molecular complexity index is 410. The number of aromatic nitrogens is 2. The molecule has 0 amide bonds. The Morgan fingerprint density at radius 2 is 2.00 bits per heavy atom. The molecule has 4 heteroatoms. The van der Waals surface area contributed by atoms with E-state index in [4.69, 9.17) is 4.84 Å². The fraction of sp³-hybridized carbons (Fsp3) is 0.455. The van der Waals surface area contributed by atoms with E-state index in [1.165, 1.54) is 0 Å². The monoisotopic (exact) mass is 203 g/mol. The molecule has 0 saturated carbocycles. The molecule has 1 aromatic heterocycles. The van der Waals surface area contributed by atoms with Crippen LogP contribution in [0.3, 0.4) is 0 Å². The van der Waals surface area contributed by atoms with Crippen molar-refractivity contribution in [3.63, 3.8) is 0 Å². The van der Waals surface area contributed by atoms with Gasteiger partial charge in [0, 0.05) is 17.8 Å². The zero-order valence-corrected chi connectivity index (χ0v) is 8.84. The molecule has 4 nitrogen and oxygen atoms in total. The van der Waals surface area contributed by atoms with Gasteiger partial charge in [0.1, 0.15) is 6.10 Å². The Morgan fingerprint density at radius 1 is 1.27 bits per heavy atom. The van der Waals surface area contributed by atoms with Gasteiger partial charge in [-0.05, 0) is 19.9 Å². The molecule has 1 aromatic rings. The Labute approximate surface area is 88.6 Å². The lowest BCUT2D eigenvalue weighted by molar-refractivity contribution is 0.107. The summed E-state index contributed by atoms with van der Waals surface area (Å²) in [6.07, 6.45) is 5.51. The molecule has 1 aliphatic heterocycles. The van der Waals surface area contributed by atoms with E-state index in [2.05, 4.69) is 22.1 Å². The van der Waals surface area contributed by atoms with Gasteiger partial charge in [-0.15, -0.1) is 0 Å². The topological polar surface area (TPSA) is 38.2 Å². The number of hydrogen-bond acceptors (Lipinski definition) is 4. The van der Waals surface area contributed by atoms with Gasteiger partial charge in [-0.1, -0.05) is 12.2 Å². The van der Waals surface area contributed by atoms with Gasteiger partial charge >= 0.3 is 0 Å². The fourth-order valence-electron chi connectivity index (χ4n) is 2.12. The van der Waals surface area contributed by atoms with Gasteiger partial charge in [-0.3, -0.25) is 4.84 Å². The molecule has 0 spiro atoms. The summed E-state index contributed by atoms with van der Waals surface area (Å²) in [5.41, 5.74) is 1.96. The summed E-state index contributed by atoms with van der Waals surface area (Å²) in [4.78, 5) is 14.5. The van der Waals surface area contributed by atoms with Crippen molar-refractivity contribution in [1.29, 1.82) is 0 Å². The minimum absolute atomic E-state index is 0.222. The van der Waals surface area contributed by atoms with E-state index in [1.54, 1.807) is 0 Å². The van der Waals surface area contributed by atoms with Gasteiger partial charge in [-0.2, -0.15) is 0 Å². The zero-order valence-electron chi connectivity index (χ0n) is 8.84. The lowest BCUT2D eigenvalue weighted by Gasteiger charge is -2.22. The van der Waals surface area contributed by atoms with Crippen molar-refractivity contribution in [3.05, 3.63) is 29.6 Å². The summed E-state index contributed by atoms with van der Waals surface area (Å²) in [7, 11) is 0. The molecule has 2 atom stereocenters. The van der Waals surface area contributed by atoms with Crippen LogP contribution < -0.4 is 5.06 Å². The highest BCUT2D eigenvalue weighted by Crippen LogP contribution is 2.31. The van der Waals surface area contributed by atoms with Crippen molar-refractivity contribution in [2.75, 3.05) is 5.06 Å². The number of fused-ring (bicyclic) bond motifs is 2. The summed E-state index contributed by atoms with van der Waals surface area (Å²) in [6.45, 7) is 3.95. The van der Waals surface area contributed by atoms with Crippen LogP contribution in [-0.2, 0) is 4.84 Å². The number of rotatable bonds is 1. The van der Waals surface area contributed by atoms with Crippen LogP contribution in [0, 0.1) is 13.8 Å². The molecule has 1 fully saturated rings. The molecule has 2 bridgehead atoms. The fourth-order valence-corrected chi connectivity index (χ4v) is 2.12. The number of hydroxylamine groups is 1. The van der Waals surface area contributed by atoms with Crippen LogP contribution in [-0.4, -0.2) is 22.1 Å². The summed E-state index contributed by atoms with van der Waals surface area (Å²) >= 11 is 0. The van der Waals surface area contributed by atoms with E-state index >= 15 is 0 Å². The van der Waals surface area contributed by atoms with E-state index < -0.39 is 0 Å². The van der Waals surface area contributed by atoms with Crippen LogP contribution in [0.2, 0.25) is 0 Å². The Kier molecular flexibility index (Phi) is 1.79. The van der Waals surface area contributed by atoms with E-state index in [1.807, 2.05) is 25.0 Å². The minimum atomic E-state index is 0.222. The molecule has 0 aromatic carbocycles. The lowest BCUT2D eigenvalue weighted by Crippen LogP contribution is -2.30. The normalized spacial score (nSPS) is 27.7. The van der Waals surface area contributed by atoms with Crippen molar-refractivity contribution in [3.8, 4) is 0 Å². The van der Waals surface area contributed by atoms with Crippen LogP contribution in [0.25, 0.3) is 0 Å². The van der Waals surface area contributed by atoms with E-state index in [-0.39, 0.29) is 6.10 Å². The van der Waals surface area contributed by atoms with Crippen LogP contribution >= 0.6 is 0 Å². The van der Waals surface area contributed by atoms with Crippen LogP contribution in [0.5, 0.6) is 0 Å². The lowest BCUT2D eigenvalue weighted by atomic mass is 10.2. The minimum Gasteiger partial charge on any atom is -0.263 e. The predicted molar refractivity (Wildman–Crippen MR) is 56.4 cm³/mol. The second-order valence-corrected chi connectivity index (χ2v) is 4.11. The molecular weight excluding hydrogens is 190 g/mol. The SMILES string of the molecule is Cc1cc(C)nc(N2OC3C=CC2C3)n1. The molecule has 2 heterocycles. The summed E-state index contributed by atoms with van der Waals surface area (Å²) < 4.78 is 0. The summed E-state index contributed by atoms with van der Waals surface area (Å²) in [6, 6.07) is 2.28. The molecule has 78 valence electrons. The predicted octanol–water partition coefficient (Wildman–Crippen LogP) is 1.54. The average Bonchev–Trinajstić information content (AvgIpc) is 2.76. The molecule has 2 unspecified atom stereocenters. The quantitative estimate of drug-likeness (QED) is 0.649. The Hall–Kier alpha value is -1.42. The van der Waals surface area contributed by atoms with E-state index in [0.717, 1.165) is 17.8 Å². The van der Waals surface area contributed by atoms with Crippen molar-refractivity contribution >= 4 is 5.95 Å². The number of hydrogen-bond donors (Lipinski definition) is 0. The molecule has 0 N–H and O–H groups in total. The van der Waals surface area contributed by atoms with Gasteiger partial charge < -0.3 is 0 Å². The standard InChI is InChI=1S/C11H13N3O/c1-7-5-8(2)13-11(12-7)14-9-3-4-10(6-9)15-14/h3-5,9-10H,6H2,1-2H3. The Morgan fingerprint density at radius 3 is 2.53 bits per heavy atom. The smallest absolute Gasteiger partial charge is 0.250 e. The highest BCUT2D eigenvalue weighted by Gasteiger charge is 2.36. The first kappa shape index (κ1) is 8.85. The zero-order chi connectivity index (χ0) is 10.4. The maximum Gasteiger partial charge on any atom is 0.250 e. The van der Waals surface area contributed by atoms with Crippen LogP contribution in [0.4, 0.5) is 5.95 Å². The molecule has 1 aliphatic carbocycles. The molecular formula is C11H13N3O. The van der Waals surface area contributed by atoms with Crippen LogP contribution in [0.1, 0.15) is 17.8 Å². The first-order valence-electron chi connectivity index (χ1n) is 5.19. The average molecular weight is 203 g/mol. The van der Waals surface area contributed by atoms with E-state index in [9.17, 15) is 0 Å². The molecule has 3 rings (SSSR count). The molecule has 2 aliphatic rings. The van der Waals surface area contributed by atoms with Gasteiger partial charge in [0.05, 0.1) is 6.04 Å². The molecule has 0 radical (unpaired) electrons. The van der Waals surface area contributed by atoms with Gasteiger partial charge in [0.2, 0.25) is 0 Å². The first-order valence-corrected chi connectivity index (χ1v) is 5.19. The summed E-state index contributed by atoms with van der Waals surface area (Å²) in [5.74, 6) is 0.685. The number of anilines is 1. The maximum absolute atomic E-state index is 5.68. The Balaban J connectivity index is 1.96. The number of aryl methyl sites for hydroxylation is 2. The van der Waals surface area contributed by atoms with Gasteiger partial charge in [-0.25, -0.2) is 15.0 Å². The van der Waals surface area contributed by atoms with Crippen LogP contribution in [0.15, 0.2) is 18.2 Å². The second-order valence-electron chi connectivity index (χ2n) is 4.11. The number of nitrogens with zero attached hydrogens (tertiary/aromatic N) is 3. The third kappa shape index (κ3) is 1.41.